The number of pyridine rings is 1. The highest BCUT2D eigenvalue weighted by Crippen LogP contribution is 2.24. The summed E-state index contributed by atoms with van der Waals surface area (Å²) in [6, 6.07) is 10.6. The molecule has 0 fully saturated rings. The standard InChI is InChI=1S/C11H9Cl2N3/c12-7-2-1-3-8(6-7)15-11-9(14)4-5-10(13)16-11/h1-6H,14H2,(H,15,16). The lowest BCUT2D eigenvalue weighted by Crippen LogP contribution is -1.98. The number of nitrogens with two attached hydrogens (primary N) is 1. The van der Waals surface area contributed by atoms with Gasteiger partial charge in [-0.2, -0.15) is 0 Å². The van der Waals surface area contributed by atoms with Gasteiger partial charge in [-0.1, -0.05) is 29.3 Å². The van der Waals surface area contributed by atoms with Crippen LogP contribution < -0.4 is 11.1 Å². The van der Waals surface area contributed by atoms with Crippen LogP contribution in [0.1, 0.15) is 0 Å². The molecule has 1 heterocycles. The van der Waals surface area contributed by atoms with Crippen molar-refractivity contribution in [1.82, 2.24) is 4.98 Å². The Kier molecular flexibility index (Phi) is 3.17. The van der Waals surface area contributed by atoms with Gasteiger partial charge in [-0.25, -0.2) is 4.98 Å². The first-order valence-corrected chi connectivity index (χ1v) is 5.35. The zero-order chi connectivity index (χ0) is 11.5. The lowest BCUT2D eigenvalue weighted by Gasteiger charge is -2.08. The first-order valence-electron chi connectivity index (χ1n) is 4.60. The van der Waals surface area contributed by atoms with Crippen LogP contribution in [0.4, 0.5) is 17.2 Å². The highest BCUT2D eigenvalue weighted by atomic mass is 35.5. The average molecular weight is 254 g/mol. The van der Waals surface area contributed by atoms with Crippen LogP contribution in [0.3, 0.4) is 0 Å². The molecule has 16 heavy (non-hydrogen) atoms. The summed E-state index contributed by atoms with van der Waals surface area (Å²) in [5, 5.41) is 4.08. The summed E-state index contributed by atoms with van der Waals surface area (Å²) in [6.07, 6.45) is 0. The monoisotopic (exact) mass is 253 g/mol. The average Bonchev–Trinajstić information content (AvgIpc) is 2.24. The van der Waals surface area contributed by atoms with Crippen molar-refractivity contribution in [2.24, 2.45) is 0 Å². The minimum atomic E-state index is 0.388. The summed E-state index contributed by atoms with van der Waals surface area (Å²) in [4.78, 5) is 4.08. The maximum Gasteiger partial charge on any atom is 0.155 e. The third-order valence-corrected chi connectivity index (χ3v) is 2.43. The van der Waals surface area contributed by atoms with E-state index < -0.39 is 0 Å². The number of halogens is 2. The lowest BCUT2D eigenvalue weighted by molar-refractivity contribution is 1.31. The summed E-state index contributed by atoms with van der Waals surface area (Å²) >= 11 is 11.6. The largest absolute Gasteiger partial charge is 0.396 e. The molecule has 5 heteroatoms. The van der Waals surface area contributed by atoms with Crippen molar-refractivity contribution >= 4 is 40.4 Å². The van der Waals surface area contributed by atoms with Gasteiger partial charge in [0.15, 0.2) is 5.82 Å². The van der Waals surface area contributed by atoms with Crippen molar-refractivity contribution in [3.8, 4) is 0 Å². The number of nitrogens with zero attached hydrogens (tertiary/aromatic N) is 1. The van der Waals surface area contributed by atoms with Crippen LogP contribution in [0.15, 0.2) is 36.4 Å². The molecular formula is C11H9Cl2N3. The van der Waals surface area contributed by atoms with E-state index in [2.05, 4.69) is 10.3 Å². The molecule has 0 radical (unpaired) electrons. The number of anilines is 3. The third-order valence-electron chi connectivity index (χ3n) is 1.98. The Morgan fingerprint density at radius 2 is 1.94 bits per heavy atom. The van der Waals surface area contributed by atoms with Gasteiger partial charge in [0.05, 0.1) is 5.69 Å². The molecule has 2 aromatic rings. The molecule has 0 atom stereocenters. The zero-order valence-corrected chi connectivity index (χ0v) is 9.76. The van der Waals surface area contributed by atoms with Gasteiger partial charge < -0.3 is 11.1 Å². The fourth-order valence-corrected chi connectivity index (χ4v) is 1.59. The summed E-state index contributed by atoms with van der Waals surface area (Å²) in [7, 11) is 0. The Labute approximate surface area is 103 Å². The van der Waals surface area contributed by atoms with Gasteiger partial charge in [-0.3, -0.25) is 0 Å². The second-order valence-electron chi connectivity index (χ2n) is 3.21. The van der Waals surface area contributed by atoms with Gasteiger partial charge in [0, 0.05) is 10.7 Å². The van der Waals surface area contributed by atoms with E-state index in [1.54, 1.807) is 24.3 Å². The van der Waals surface area contributed by atoms with E-state index >= 15 is 0 Å². The number of rotatable bonds is 2. The molecule has 0 aliphatic rings. The van der Waals surface area contributed by atoms with E-state index in [0.717, 1.165) is 5.69 Å². The van der Waals surface area contributed by atoms with Crippen LogP contribution in [0.25, 0.3) is 0 Å². The normalized spacial score (nSPS) is 10.1. The van der Waals surface area contributed by atoms with Crippen LogP contribution in [0, 0.1) is 0 Å². The summed E-state index contributed by atoms with van der Waals surface area (Å²) < 4.78 is 0. The van der Waals surface area contributed by atoms with E-state index in [1.165, 1.54) is 0 Å². The molecule has 3 nitrogen and oxygen atoms in total. The van der Waals surface area contributed by atoms with E-state index in [0.29, 0.717) is 21.7 Å². The summed E-state index contributed by atoms with van der Waals surface area (Å²) in [5.74, 6) is 0.523. The van der Waals surface area contributed by atoms with Crippen molar-refractivity contribution in [3.63, 3.8) is 0 Å². The van der Waals surface area contributed by atoms with Crippen LogP contribution >= 0.6 is 23.2 Å². The van der Waals surface area contributed by atoms with E-state index in [-0.39, 0.29) is 0 Å². The molecule has 0 bridgehead atoms. The maximum absolute atomic E-state index is 5.86. The first kappa shape index (κ1) is 11.0. The predicted octanol–water partition coefficient (Wildman–Crippen LogP) is 3.71. The van der Waals surface area contributed by atoms with E-state index in [9.17, 15) is 0 Å². The molecule has 3 N–H and O–H groups in total. The van der Waals surface area contributed by atoms with Crippen molar-refractivity contribution in [2.75, 3.05) is 11.1 Å². The number of nitrogens with one attached hydrogen (secondary N) is 1. The molecule has 0 unspecified atom stereocenters. The van der Waals surface area contributed by atoms with Crippen molar-refractivity contribution in [2.45, 2.75) is 0 Å². The van der Waals surface area contributed by atoms with E-state index in [4.69, 9.17) is 28.9 Å². The number of benzene rings is 1. The second-order valence-corrected chi connectivity index (χ2v) is 4.03. The van der Waals surface area contributed by atoms with Crippen molar-refractivity contribution in [3.05, 3.63) is 46.6 Å². The fourth-order valence-electron chi connectivity index (χ4n) is 1.25. The second kappa shape index (κ2) is 4.60. The Balaban J connectivity index is 2.30. The number of hydrogen-bond donors (Lipinski definition) is 2. The topological polar surface area (TPSA) is 50.9 Å². The maximum atomic E-state index is 5.86. The lowest BCUT2D eigenvalue weighted by atomic mass is 10.3. The first-order chi connectivity index (χ1) is 7.65. The Hall–Kier alpha value is -1.45. The zero-order valence-electron chi connectivity index (χ0n) is 8.24. The highest BCUT2D eigenvalue weighted by molar-refractivity contribution is 6.31. The Morgan fingerprint density at radius 1 is 1.12 bits per heavy atom. The minimum absolute atomic E-state index is 0.388. The van der Waals surface area contributed by atoms with Gasteiger partial charge in [0.2, 0.25) is 0 Å². The molecule has 2 rings (SSSR count). The number of nitrogen functional groups attached to an aromatic ring is 1. The van der Waals surface area contributed by atoms with E-state index in [1.807, 2.05) is 12.1 Å². The number of aromatic nitrogens is 1. The van der Waals surface area contributed by atoms with Crippen LogP contribution in [-0.2, 0) is 0 Å². The SMILES string of the molecule is Nc1ccc(Cl)nc1Nc1cccc(Cl)c1. The van der Waals surface area contributed by atoms with Crippen LogP contribution in [0.2, 0.25) is 10.2 Å². The molecule has 0 aliphatic heterocycles. The molecular weight excluding hydrogens is 245 g/mol. The van der Waals surface area contributed by atoms with Gasteiger partial charge in [0.25, 0.3) is 0 Å². The molecule has 0 amide bonds. The molecule has 82 valence electrons. The molecule has 0 aliphatic carbocycles. The van der Waals surface area contributed by atoms with Crippen LogP contribution in [0.5, 0.6) is 0 Å². The van der Waals surface area contributed by atoms with Crippen molar-refractivity contribution in [1.29, 1.82) is 0 Å². The fraction of sp³-hybridized carbons (Fsp3) is 0. The molecule has 1 aromatic carbocycles. The van der Waals surface area contributed by atoms with Gasteiger partial charge in [-0.15, -0.1) is 0 Å². The summed E-state index contributed by atoms with van der Waals surface area (Å²) in [5.41, 5.74) is 7.10. The Bertz CT molecular complexity index is 514. The van der Waals surface area contributed by atoms with Gasteiger partial charge >= 0.3 is 0 Å². The molecule has 1 aromatic heterocycles. The summed E-state index contributed by atoms with van der Waals surface area (Å²) in [6.45, 7) is 0. The molecule has 0 saturated heterocycles. The molecule has 0 spiro atoms. The quantitative estimate of drug-likeness (QED) is 0.803. The van der Waals surface area contributed by atoms with Gasteiger partial charge in [0.1, 0.15) is 5.15 Å². The molecule has 0 saturated carbocycles. The minimum Gasteiger partial charge on any atom is -0.396 e. The van der Waals surface area contributed by atoms with Crippen LogP contribution in [-0.4, -0.2) is 4.98 Å². The number of hydrogen-bond acceptors (Lipinski definition) is 3. The van der Waals surface area contributed by atoms with Crippen molar-refractivity contribution < 1.29 is 0 Å². The predicted molar refractivity (Wildman–Crippen MR) is 68.4 cm³/mol. The Morgan fingerprint density at radius 3 is 2.69 bits per heavy atom. The highest BCUT2D eigenvalue weighted by Gasteiger charge is 2.02. The third kappa shape index (κ3) is 2.56. The van der Waals surface area contributed by atoms with Gasteiger partial charge in [-0.05, 0) is 30.3 Å². The smallest absolute Gasteiger partial charge is 0.155 e.